The van der Waals surface area contributed by atoms with E-state index in [1.54, 1.807) is 11.3 Å². The van der Waals surface area contributed by atoms with Gasteiger partial charge in [0.1, 0.15) is 5.52 Å². The Kier molecular flexibility index (Phi) is 5.61. The molecule has 0 saturated heterocycles. The fraction of sp³-hybridized carbons (Fsp3) is 0. The second kappa shape index (κ2) is 9.93. The van der Waals surface area contributed by atoms with E-state index in [9.17, 15) is 0 Å². The van der Waals surface area contributed by atoms with Crippen LogP contribution in [0.2, 0.25) is 0 Å². The number of oxazole rings is 1. The van der Waals surface area contributed by atoms with Crippen LogP contribution in [0.3, 0.4) is 0 Å². The van der Waals surface area contributed by atoms with E-state index in [2.05, 4.69) is 72.8 Å². The largest absolute Gasteiger partial charge is 0.436 e. The van der Waals surface area contributed by atoms with E-state index in [0.717, 1.165) is 58.9 Å². The number of benzene rings is 6. The zero-order valence-electron chi connectivity index (χ0n) is 23.3. The highest BCUT2D eigenvalue weighted by Crippen LogP contribution is 2.42. The van der Waals surface area contributed by atoms with Gasteiger partial charge < -0.3 is 4.42 Å². The molecule has 3 heterocycles. The van der Waals surface area contributed by atoms with E-state index >= 15 is 0 Å². The smallest absolute Gasteiger partial charge is 0.227 e. The molecule has 0 spiro atoms. The number of rotatable bonds is 4. The zero-order chi connectivity index (χ0) is 29.0. The quantitative estimate of drug-likeness (QED) is 0.207. The molecule has 0 bridgehead atoms. The lowest BCUT2D eigenvalue weighted by atomic mass is 10.0. The molecule has 6 aromatic carbocycles. The molecule has 0 atom stereocenters. The molecule has 44 heavy (non-hydrogen) atoms. The maximum Gasteiger partial charge on any atom is 0.227 e. The van der Waals surface area contributed by atoms with E-state index in [0.29, 0.717) is 23.4 Å². The van der Waals surface area contributed by atoms with Crippen LogP contribution in [0.5, 0.6) is 0 Å². The number of nitrogens with zero attached hydrogens (tertiary/aromatic N) is 4. The lowest BCUT2D eigenvalue weighted by molar-refractivity contribution is 0.620. The number of thiophene rings is 1. The summed E-state index contributed by atoms with van der Waals surface area (Å²) in [5.41, 5.74) is 5.40. The van der Waals surface area contributed by atoms with Gasteiger partial charge in [0.15, 0.2) is 23.1 Å². The van der Waals surface area contributed by atoms with Crippen LogP contribution in [0.4, 0.5) is 0 Å². The summed E-state index contributed by atoms with van der Waals surface area (Å²) in [6.07, 6.45) is 0. The molecular weight excluding hydrogens is 561 g/mol. The van der Waals surface area contributed by atoms with E-state index in [4.69, 9.17) is 24.4 Å². The van der Waals surface area contributed by atoms with Crippen molar-refractivity contribution in [1.29, 1.82) is 0 Å². The van der Waals surface area contributed by atoms with Gasteiger partial charge in [0.25, 0.3) is 0 Å². The molecule has 0 aliphatic carbocycles. The Labute approximate surface area is 256 Å². The molecule has 9 aromatic rings. The van der Waals surface area contributed by atoms with Crippen LogP contribution >= 0.6 is 11.3 Å². The monoisotopic (exact) mass is 582 g/mol. The summed E-state index contributed by atoms with van der Waals surface area (Å²) in [6, 6.07) is 45.3. The van der Waals surface area contributed by atoms with Gasteiger partial charge in [-0.2, -0.15) is 0 Å². The summed E-state index contributed by atoms with van der Waals surface area (Å²) in [5.74, 6) is 2.53. The summed E-state index contributed by atoms with van der Waals surface area (Å²) in [4.78, 5) is 19.9. The van der Waals surface area contributed by atoms with Crippen molar-refractivity contribution in [3.63, 3.8) is 0 Å². The van der Waals surface area contributed by atoms with Gasteiger partial charge in [0.05, 0.1) is 0 Å². The van der Waals surface area contributed by atoms with E-state index in [-0.39, 0.29) is 0 Å². The lowest BCUT2D eigenvalue weighted by Gasteiger charge is -2.10. The van der Waals surface area contributed by atoms with Gasteiger partial charge in [-0.05, 0) is 47.2 Å². The molecule has 206 valence electrons. The van der Waals surface area contributed by atoms with Crippen molar-refractivity contribution in [1.82, 2.24) is 19.9 Å². The third kappa shape index (κ3) is 4.15. The number of hydrogen-bond acceptors (Lipinski definition) is 6. The Balaban J connectivity index is 1.27. The average molecular weight is 583 g/mol. The summed E-state index contributed by atoms with van der Waals surface area (Å²) in [6.45, 7) is 0. The molecule has 0 fully saturated rings. The van der Waals surface area contributed by atoms with Crippen LogP contribution in [-0.4, -0.2) is 19.9 Å². The van der Waals surface area contributed by atoms with Gasteiger partial charge in [-0.25, -0.2) is 19.9 Å². The van der Waals surface area contributed by atoms with E-state index in [1.165, 1.54) is 5.39 Å². The van der Waals surface area contributed by atoms with E-state index < -0.39 is 0 Å². The van der Waals surface area contributed by atoms with Gasteiger partial charge in [0.2, 0.25) is 5.89 Å². The predicted molar refractivity (Wildman–Crippen MR) is 180 cm³/mol. The fourth-order valence-corrected chi connectivity index (χ4v) is 6.95. The van der Waals surface area contributed by atoms with Crippen molar-refractivity contribution in [2.24, 2.45) is 0 Å². The van der Waals surface area contributed by atoms with Gasteiger partial charge in [-0.1, -0.05) is 97.1 Å². The topological polar surface area (TPSA) is 64.7 Å². The molecule has 0 saturated carbocycles. The molecule has 5 nitrogen and oxygen atoms in total. The van der Waals surface area contributed by atoms with Crippen molar-refractivity contribution >= 4 is 53.4 Å². The lowest BCUT2D eigenvalue weighted by Crippen LogP contribution is -2.00. The summed E-state index contributed by atoms with van der Waals surface area (Å²) >= 11 is 1.74. The minimum Gasteiger partial charge on any atom is -0.436 e. The normalized spacial score (nSPS) is 11.6. The molecule has 0 N–H and O–H groups in total. The first-order valence-electron chi connectivity index (χ1n) is 14.4. The molecule has 0 aliphatic rings. The van der Waals surface area contributed by atoms with Crippen LogP contribution in [-0.2, 0) is 0 Å². The Morgan fingerprint density at radius 2 is 1.18 bits per heavy atom. The molecule has 0 amide bonds. The highest BCUT2D eigenvalue weighted by atomic mass is 32.1. The molecule has 9 rings (SSSR count). The van der Waals surface area contributed by atoms with Crippen LogP contribution in [0, 0.1) is 0 Å². The summed E-state index contributed by atoms with van der Waals surface area (Å²) in [5, 5.41) is 4.52. The van der Waals surface area contributed by atoms with Crippen LogP contribution in [0.15, 0.2) is 138 Å². The molecule has 0 radical (unpaired) electrons. The Morgan fingerprint density at radius 3 is 2.00 bits per heavy atom. The summed E-state index contributed by atoms with van der Waals surface area (Å²) < 4.78 is 8.56. The Hall–Kier alpha value is -5.72. The standard InChI is InChI=1S/C38H22N4OS/c1-3-11-24(12-4-1)35-40-36(27-19-18-23-10-7-8-15-26(23)20-27)42-37(41-35)28-16-9-17-32-34(28)29-21-31-30(22-33(29)44-32)39-38(43-31)25-13-5-2-6-14-25/h1-22H. The number of aromatic nitrogens is 4. The third-order valence-electron chi connectivity index (χ3n) is 7.94. The van der Waals surface area contributed by atoms with Gasteiger partial charge in [0, 0.05) is 42.4 Å². The average Bonchev–Trinajstić information content (AvgIpc) is 3.68. The zero-order valence-corrected chi connectivity index (χ0v) is 24.1. The minimum atomic E-state index is 0.618. The third-order valence-corrected chi connectivity index (χ3v) is 9.06. The summed E-state index contributed by atoms with van der Waals surface area (Å²) in [7, 11) is 0. The highest BCUT2D eigenvalue weighted by molar-refractivity contribution is 7.26. The van der Waals surface area contributed by atoms with Gasteiger partial charge in [-0.15, -0.1) is 11.3 Å². The van der Waals surface area contributed by atoms with Crippen molar-refractivity contribution < 1.29 is 4.42 Å². The Morgan fingerprint density at radius 1 is 0.477 bits per heavy atom. The molecule has 3 aromatic heterocycles. The number of hydrogen-bond donors (Lipinski definition) is 0. The molecule has 6 heteroatoms. The van der Waals surface area contributed by atoms with Crippen LogP contribution in [0.1, 0.15) is 0 Å². The van der Waals surface area contributed by atoms with Crippen molar-refractivity contribution in [3.05, 3.63) is 133 Å². The maximum atomic E-state index is 6.27. The number of fused-ring (bicyclic) bond motifs is 5. The second-order valence-electron chi connectivity index (χ2n) is 10.7. The maximum absolute atomic E-state index is 6.27. The van der Waals surface area contributed by atoms with Crippen molar-refractivity contribution in [3.8, 4) is 45.6 Å². The second-order valence-corrected chi connectivity index (χ2v) is 11.8. The van der Waals surface area contributed by atoms with Crippen LogP contribution < -0.4 is 0 Å². The van der Waals surface area contributed by atoms with Gasteiger partial charge >= 0.3 is 0 Å². The molecular formula is C38H22N4OS. The SMILES string of the molecule is c1ccc(-c2nc(-c3ccc4ccccc4c3)nc(-c3cccc4sc5cc6nc(-c7ccccc7)oc6cc5c34)n2)cc1. The van der Waals surface area contributed by atoms with Gasteiger partial charge in [-0.3, -0.25) is 0 Å². The first-order chi connectivity index (χ1) is 21.8. The minimum absolute atomic E-state index is 0.618. The highest BCUT2D eigenvalue weighted by Gasteiger charge is 2.19. The van der Waals surface area contributed by atoms with Crippen molar-refractivity contribution in [2.45, 2.75) is 0 Å². The Bertz CT molecular complexity index is 2500. The van der Waals surface area contributed by atoms with Crippen LogP contribution in [0.25, 0.3) is 87.7 Å². The van der Waals surface area contributed by atoms with Crippen molar-refractivity contribution in [2.75, 3.05) is 0 Å². The molecule has 0 unspecified atom stereocenters. The first-order valence-corrected chi connectivity index (χ1v) is 15.2. The molecule has 0 aliphatic heterocycles. The van der Waals surface area contributed by atoms with E-state index in [1.807, 2.05) is 60.7 Å². The first kappa shape index (κ1) is 24.8. The predicted octanol–water partition coefficient (Wildman–Crippen LogP) is 10.2. The fourth-order valence-electron chi connectivity index (χ4n) is 5.81.